The van der Waals surface area contributed by atoms with Crippen molar-refractivity contribution >= 4 is 23.1 Å². The molecule has 0 aliphatic carbocycles. The summed E-state index contributed by atoms with van der Waals surface area (Å²) in [6.45, 7) is 3.00. The van der Waals surface area contributed by atoms with E-state index in [9.17, 15) is 4.79 Å². The number of pyridine rings is 1. The number of rotatable bonds is 6. The highest BCUT2D eigenvalue weighted by Gasteiger charge is 2.24. The van der Waals surface area contributed by atoms with E-state index in [0.29, 0.717) is 28.4 Å². The third-order valence-electron chi connectivity index (χ3n) is 6.32. The molecule has 1 aromatic carbocycles. The van der Waals surface area contributed by atoms with Crippen molar-refractivity contribution in [3.63, 3.8) is 0 Å². The standard InChI is InChI=1S/C26H28FN7O/c1-2-5-16-9-11-30-21(14-16)32-26(35)18-8-7-17(15-19(18)27)22-23-24(28)31-12-13-34(23)25(33-22)20-6-3-4-10-29-20/h7-9,11-15,20,29H,2-6,10H2,1H3,(H2,28,31)(H,30,32,35). The first kappa shape index (κ1) is 22.9. The van der Waals surface area contributed by atoms with Gasteiger partial charge in [-0.05, 0) is 55.6 Å². The summed E-state index contributed by atoms with van der Waals surface area (Å²) in [7, 11) is 0. The van der Waals surface area contributed by atoms with Gasteiger partial charge in [-0.1, -0.05) is 25.8 Å². The highest BCUT2D eigenvalue weighted by Crippen LogP contribution is 2.33. The normalized spacial score (nSPS) is 15.9. The number of nitrogens with two attached hydrogens (primary N) is 1. The molecule has 4 N–H and O–H groups in total. The molecule has 1 amide bonds. The molecule has 0 radical (unpaired) electrons. The number of imidazole rings is 1. The van der Waals surface area contributed by atoms with Gasteiger partial charge in [0.15, 0.2) is 0 Å². The van der Waals surface area contributed by atoms with Crippen molar-refractivity contribution in [2.24, 2.45) is 0 Å². The Balaban J connectivity index is 1.47. The average Bonchev–Trinajstić information content (AvgIpc) is 3.26. The summed E-state index contributed by atoms with van der Waals surface area (Å²) in [5, 5.41) is 6.20. The molecule has 35 heavy (non-hydrogen) atoms. The Hall–Kier alpha value is -3.85. The van der Waals surface area contributed by atoms with E-state index in [1.165, 1.54) is 12.1 Å². The van der Waals surface area contributed by atoms with E-state index in [1.807, 2.05) is 22.7 Å². The largest absolute Gasteiger partial charge is 0.382 e. The maximum absolute atomic E-state index is 15.2. The molecule has 3 aromatic heterocycles. The molecule has 8 nitrogen and oxygen atoms in total. The van der Waals surface area contributed by atoms with Crippen molar-refractivity contribution in [1.29, 1.82) is 0 Å². The summed E-state index contributed by atoms with van der Waals surface area (Å²) in [4.78, 5) is 26.0. The van der Waals surface area contributed by atoms with Gasteiger partial charge in [-0.3, -0.25) is 9.20 Å². The zero-order valence-corrected chi connectivity index (χ0v) is 19.6. The summed E-state index contributed by atoms with van der Waals surface area (Å²) < 4.78 is 17.1. The number of nitrogen functional groups attached to an aromatic ring is 1. The van der Waals surface area contributed by atoms with Crippen LogP contribution in [0.3, 0.4) is 0 Å². The van der Waals surface area contributed by atoms with E-state index in [-0.39, 0.29) is 11.6 Å². The lowest BCUT2D eigenvalue weighted by Crippen LogP contribution is -2.28. The number of benzene rings is 1. The summed E-state index contributed by atoms with van der Waals surface area (Å²) in [6.07, 6.45) is 10.2. The number of amides is 1. The smallest absolute Gasteiger partial charge is 0.259 e. The number of fused-ring (bicyclic) bond motifs is 1. The summed E-state index contributed by atoms with van der Waals surface area (Å²) in [5.41, 5.74) is 8.91. The Morgan fingerprint density at radius 1 is 1.23 bits per heavy atom. The van der Waals surface area contributed by atoms with E-state index in [4.69, 9.17) is 10.7 Å². The minimum atomic E-state index is -0.648. The fourth-order valence-electron chi connectivity index (χ4n) is 4.62. The molecule has 1 aliphatic rings. The van der Waals surface area contributed by atoms with Gasteiger partial charge in [0.05, 0.1) is 11.6 Å². The second-order valence-corrected chi connectivity index (χ2v) is 8.80. The van der Waals surface area contributed by atoms with E-state index in [2.05, 4.69) is 27.5 Å². The fourth-order valence-corrected chi connectivity index (χ4v) is 4.62. The maximum Gasteiger partial charge on any atom is 0.259 e. The highest BCUT2D eigenvalue weighted by atomic mass is 19.1. The van der Waals surface area contributed by atoms with Gasteiger partial charge in [0.1, 0.15) is 34.5 Å². The molecule has 1 fully saturated rings. The number of aryl methyl sites for hydroxylation is 1. The molecular formula is C26H28FN7O. The monoisotopic (exact) mass is 473 g/mol. The van der Waals surface area contributed by atoms with Crippen molar-refractivity contribution in [3.8, 4) is 11.3 Å². The van der Waals surface area contributed by atoms with Gasteiger partial charge in [0.25, 0.3) is 5.91 Å². The van der Waals surface area contributed by atoms with Crippen molar-refractivity contribution in [3.05, 3.63) is 71.7 Å². The lowest BCUT2D eigenvalue weighted by atomic mass is 10.0. The van der Waals surface area contributed by atoms with Gasteiger partial charge in [-0.15, -0.1) is 0 Å². The van der Waals surface area contributed by atoms with E-state index >= 15 is 4.39 Å². The number of piperidine rings is 1. The zero-order chi connectivity index (χ0) is 24.4. The van der Waals surface area contributed by atoms with E-state index < -0.39 is 11.7 Å². The van der Waals surface area contributed by atoms with Crippen LogP contribution in [-0.4, -0.2) is 31.8 Å². The number of nitrogens with one attached hydrogen (secondary N) is 2. The second kappa shape index (κ2) is 9.79. The Kier molecular flexibility index (Phi) is 6.41. The number of carbonyl (C=O) groups excluding carboxylic acids is 1. The first-order valence-corrected chi connectivity index (χ1v) is 12.0. The number of halogens is 1. The van der Waals surface area contributed by atoms with Crippen LogP contribution in [0.25, 0.3) is 16.8 Å². The van der Waals surface area contributed by atoms with Crippen molar-refractivity contribution in [2.75, 3.05) is 17.6 Å². The number of nitrogens with zero attached hydrogens (tertiary/aromatic N) is 4. The molecule has 0 spiro atoms. The Morgan fingerprint density at radius 2 is 2.11 bits per heavy atom. The van der Waals surface area contributed by atoms with Crippen molar-refractivity contribution in [2.45, 2.75) is 45.1 Å². The van der Waals surface area contributed by atoms with Gasteiger partial charge in [0, 0.05) is 24.2 Å². The lowest BCUT2D eigenvalue weighted by molar-refractivity contribution is 0.102. The molecule has 1 atom stereocenters. The van der Waals surface area contributed by atoms with Crippen LogP contribution in [0.1, 0.15) is 60.4 Å². The highest BCUT2D eigenvalue weighted by molar-refractivity contribution is 6.04. The molecule has 1 aliphatic heterocycles. The first-order valence-electron chi connectivity index (χ1n) is 12.0. The van der Waals surface area contributed by atoms with Gasteiger partial charge in [-0.25, -0.2) is 19.3 Å². The average molecular weight is 474 g/mol. The van der Waals surface area contributed by atoms with E-state index in [0.717, 1.165) is 50.0 Å². The maximum atomic E-state index is 15.2. The molecule has 1 unspecified atom stereocenters. The van der Waals surface area contributed by atoms with Crippen LogP contribution >= 0.6 is 0 Å². The predicted octanol–water partition coefficient (Wildman–Crippen LogP) is 4.53. The minimum Gasteiger partial charge on any atom is -0.382 e. The number of hydrogen-bond acceptors (Lipinski definition) is 6. The quantitative estimate of drug-likeness (QED) is 0.379. The Morgan fingerprint density at radius 3 is 2.89 bits per heavy atom. The van der Waals surface area contributed by atoms with Gasteiger partial charge in [0.2, 0.25) is 0 Å². The van der Waals surface area contributed by atoms with Crippen LogP contribution in [0.15, 0.2) is 48.9 Å². The molecule has 9 heteroatoms. The van der Waals surface area contributed by atoms with Gasteiger partial charge in [-0.2, -0.15) is 0 Å². The van der Waals surface area contributed by atoms with Crippen LogP contribution in [0.2, 0.25) is 0 Å². The number of anilines is 2. The van der Waals surface area contributed by atoms with E-state index in [1.54, 1.807) is 18.5 Å². The molecule has 5 rings (SSSR count). The second-order valence-electron chi connectivity index (χ2n) is 8.80. The Bertz CT molecular complexity index is 1380. The molecule has 4 aromatic rings. The lowest BCUT2D eigenvalue weighted by Gasteiger charge is -2.22. The SMILES string of the molecule is CCCc1ccnc(NC(=O)c2ccc(-c3nc(C4CCCCN4)n4ccnc(N)c34)cc2F)c1. The number of carbonyl (C=O) groups is 1. The van der Waals surface area contributed by atoms with Gasteiger partial charge >= 0.3 is 0 Å². The minimum absolute atomic E-state index is 0.0692. The zero-order valence-electron chi connectivity index (χ0n) is 19.6. The third kappa shape index (κ3) is 4.59. The molecule has 0 saturated carbocycles. The van der Waals surface area contributed by atoms with Crippen molar-refractivity contribution < 1.29 is 9.18 Å². The summed E-state index contributed by atoms with van der Waals surface area (Å²) >= 11 is 0. The summed E-state index contributed by atoms with van der Waals surface area (Å²) in [5.74, 6) is 0.332. The number of aromatic nitrogens is 4. The topological polar surface area (TPSA) is 110 Å². The number of hydrogen-bond donors (Lipinski definition) is 3. The van der Waals surface area contributed by atoms with Crippen molar-refractivity contribution in [1.82, 2.24) is 24.7 Å². The van der Waals surface area contributed by atoms with Crippen LogP contribution in [-0.2, 0) is 6.42 Å². The van der Waals surface area contributed by atoms with Crippen LogP contribution in [0, 0.1) is 5.82 Å². The molecular weight excluding hydrogens is 445 g/mol. The Labute approximate surface area is 202 Å². The fraction of sp³-hybridized carbons (Fsp3) is 0.308. The first-order chi connectivity index (χ1) is 17.0. The van der Waals surface area contributed by atoms with Crippen LogP contribution in [0.4, 0.5) is 16.0 Å². The van der Waals surface area contributed by atoms with Crippen LogP contribution in [0.5, 0.6) is 0 Å². The predicted molar refractivity (Wildman–Crippen MR) is 134 cm³/mol. The molecule has 180 valence electrons. The van der Waals surface area contributed by atoms with Crippen LogP contribution < -0.4 is 16.4 Å². The van der Waals surface area contributed by atoms with Gasteiger partial charge < -0.3 is 16.4 Å². The summed E-state index contributed by atoms with van der Waals surface area (Å²) in [6, 6.07) is 8.27. The molecule has 4 heterocycles. The third-order valence-corrected chi connectivity index (χ3v) is 6.32. The molecule has 0 bridgehead atoms. The molecule has 1 saturated heterocycles.